The van der Waals surface area contributed by atoms with Gasteiger partial charge in [-0.15, -0.1) is 0 Å². The molecule has 144 valence electrons. The second kappa shape index (κ2) is 8.81. The molecule has 0 aliphatic carbocycles. The molecule has 3 aromatic rings. The van der Waals surface area contributed by atoms with Crippen LogP contribution in [0.2, 0.25) is 0 Å². The Balaban J connectivity index is 1.87. The second-order valence-electron chi connectivity index (χ2n) is 5.96. The van der Waals surface area contributed by atoms with Gasteiger partial charge in [0.1, 0.15) is 0 Å². The van der Waals surface area contributed by atoms with Crippen LogP contribution in [-0.2, 0) is 0 Å². The Labute approximate surface area is 166 Å². The molecular formula is C23H15F2NO3. The molecule has 0 aliphatic rings. The van der Waals surface area contributed by atoms with Gasteiger partial charge < -0.3 is 9.47 Å². The van der Waals surface area contributed by atoms with Gasteiger partial charge in [-0.2, -0.15) is 5.26 Å². The Morgan fingerprint density at radius 1 is 0.931 bits per heavy atom. The number of hydrogen-bond acceptors (Lipinski definition) is 4. The number of benzene rings is 3. The summed E-state index contributed by atoms with van der Waals surface area (Å²) in [7, 11) is 1.40. The number of nitrogens with zero attached hydrogens (tertiary/aromatic N) is 1. The summed E-state index contributed by atoms with van der Waals surface area (Å²) in [4.78, 5) is 12.2. The molecule has 0 amide bonds. The van der Waals surface area contributed by atoms with Gasteiger partial charge in [0.15, 0.2) is 23.1 Å². The lowest BCUT2D eigenvalue weighted by molar-refractivity contribution is 0.0729. The van der Waals surface area contributed by atoms with Crippen molar-refractivity contribution in [3.8, 4) is 17.6 Å². The summed E-state index contributed by atoms with van der Waals surface area (Å²) in [5.74, 6) is -2.69. The maximum atomic E-state index is 13.3. The molecule has 0 unspecified atom stereocenters. The maximum Gasteiger partial charge on any atom is 0.343 e. The number of methoxy groups -OCH3 is 1. The lowest BCUT2D eigenvalue weighted by Gasteiger charge is -2.10. The first-order valence-corrected chi connectivity index (χ1v) is 8.54. The zero-order valence-electron chi connectivity index (χ0n) is 15.4. The third-order valence-corrected chi connectivity index (χ3v) is 4.06. The van der Waals surface area contributed by atoms with Crippen molar-refractivity contribution in [3.63, 3.8) is 0 Å². The molecule has 4 nitrogen and oxygen atoms in total. The third kappa shape index (κ3) is 4.66. The zero-order chi connectivity index (χ0) is 20.8. The Bertz CT molecular complexity index is 1120. The van der Waals surface area contributed by atoms with Crippen molar-refractivity contribution >= 4 is 17.6 Å². The Hall–Kier alpha value is -3.98. The van der Waals surface area contributed by atoms with Gasteiger partial charge in [0.25, 0.3) is 0 Å². The molecule has 3 rings (SSSR count). The minimum Gasteiger partial charge on any atom is -0.493 e. The molecular weight excluding hydrogens is 376 g/mol. The van der Waals surface area contributed by atoms with Crippen molar-refractivity contribution in [2.24, 2.45) is 0 Å². The highest BCUT2D eigenvalue weighted by Gasteiger charge is 2.15. The van der Waals surface area contributed by atoms with Crippen LogP contribution >= 0.6 is 0 Å². The standard InChI is InChI=1S/C23H15F2NO3/c1-28-22-12-15(11-18(14-26)16-5-3-2-4-6-16)7-10-21(22)29-23(27)17-8-9-19(24)20(25)13-17/h2-13H,1H3/b18-11-. The fraction of sp³-hybridized carbons (Fsp3) is 0.0435. The highest BCUT2D eigenvalue weighted by molar-refractivity contribution is 5.92. The summed E-state index contributed by atoms with van der Waals surface area (Å²) in [5, 5.41) is 9.43. The largest absolute Gasteiger partial charge is 0.493 e. The van der Waals surface area contributed by atoms with Gasteiger partial charge in [-0.3, -0.25) is 0 Å². The highest BCUT2D eigenvalue weighted by Crippen LogP contribution is 2.30. The molecule has 0 radical (unpaired) electrons. The number of rotatable bonds is 5. The van der Waals surface area contributed by atoms with E-state index in [0.29, 0.717) is 11.1 Å². The molecule has 6 heteroatoms. The maximum absolute atomic E-state index is 13.3. The first-order chi connectivity index (χ1) is 14.0. The quantitative estimate of drug-likeness (QED) is 0.258. The molecule has 0 aromatic heterocycles. The zero-order valence-corrected chi connectivity index (χ0v) is 15.4. The van der Waals surface area contributed by atoms with E-state index in [1.54, 1.807) is 18.2 Å². The predicted octanol–water partition coefficient (Wildman–Crippen LogP) is 5.26. The fourth-order valence-electron chi connectivity index (χ4n) is 2.60. The van der Waals surface area contributed by atoms with Crippen molar-refractivity contribution in [1.29, 1.82) is 5.26 Å². The van der Waals surface area contributed by atoms with Crippen LogP contribution in [-0.4, -0.2) is 13.1 Å². The number of carbonyl (C=O) groups excluding carboxylic acids is 1. The number of halogens is 2. The molecule has 0 N–H and O–H groups in total. The van der Waals surface area contributed by atoms with Crippen molar-refractivity contribution in [2.45, 2.75) is 0 Å². The minimum atomic E-state index is -1.14. The van der Waals surface area contributed by atoms with Crippen LogP contribution in [0.4, 0.5) is 8.78 Å². The van der Waals surface area contributed by atoms with E-state index in [2.05, 4.69) is 6.07 Å². The number of allylic oxidation sites excluding steroid dienone is 1. The summed E-state index contributed by atoms with van der Waals surface area (Å²) in [6.07, 6.45) is 1.68. The summed E-state index contributed by atoms with van der Waals surface area (Å²) in [6.45, 7) is 0. The van der Waals surface area contributed by atoms with Crippen LogP contribution in [0.25, 0.3) is 11.6 Å². The molecule has 0 saturated carbocycles. The SMILES string of the molecule is COc1cc(/C=C(/C#N)c2ccccc2)ccc1OC(=O)c1ccc(F)c(F)c1. The Morgan fingerprint density at radius 3 is 2.34 bits per heavy atom. The van der Waals surface area contributed by atoms with Gasteiger partial charge in [-0.1, -0.05) is 36.4 Å². The van der Waals surface area contributed by atoms with Crippen LogP contribution in [0.3, 0.4) is 0 Å². The van der Waals surface area contributed by atoms with E-state index in [1.165, 1.54) is 13.2 Å². The predicted molar refractivity (Wildman–Crippen MR) is 104 cm³/mol. The molecule has 0 fully saturated rings. The average Bonchev–Trinajstić information content (AvgIpc) is 2.75. The summed E-state index contributed by atoms with van der Waals surface area (Å²) < 4.78 is 36.9. The first kappa shape index (κ1) is 19.8. The van der Waals surface area contributed by atoms with Crippen LogP contribution in [0.15, 0.2) is 66.7 Å². The van der Waals surface area contributed by atoms with E-state index in [-0.39, 0.29) is 17.1 Å². The van der Waals surface area contributed by atoms with Crippen LogP contribution in [0.1, 0.15) is 21.5 Å². The average molecular weight is 391 g/mol. The van der Waals surface area contributed by atoms with Gasteiger partial charge in [0.05, 0.1) is 24.3 Å². The lowest BCUT2D eigenvalue weighted by atomic mass is 10.0. The van der Waals surface area contributed by atoms with Gasteiger partial charge in [0, 0.05) is 0 Å². The van der Waals surface area contributed by atoms with Crippen molar-refractivity contribution in [3.05, 3.63) is 95.1 Å². The van der Waals surface area contributed by atoms with Crippen molar-refractivity contribution in [1.82, 2.24) is 0 Å². The monoisotopic (exact) mass is 391 g/mol. The van der Waals surface area contributed by atoms with E-state index in [9.17, 15) is 18.8 Å². The Kier molecular flexibility index (Phi) is 6.00. The van der Waals surface area contributed by atoms with Crippen LogP contribution in [0, 0.1) is 23.0 Å². The number of ether oxygens (including phenoxy) is 2. The van der Waals surface area contributed by atoms with E-state index >= 15 is 0 Å². The number of carbonyl (C=O) groups is 1. The second-order valence-corrected chi connectivity index (χ2v) is 5.96. The first-order valence-electron chi connectivity index (χ1n) is 8.54. The number of hydrogen-bond donors (Lipinski definition) is 0. The summed E-state index contributed by atoms with van der Waals surface area (Å²) in [6, 6.07) is 18.8. The topological polar surface area (TPSA) is 59.3 Å². The van der Waals surface area contributed by atoms with E-state index in [0.717, 1.165) is 23.8 Å². The molecule has 0 spiro atoms. The molecule has 0 heterocycles. The van der Waals surface area contributed by atoms with Gasteiger partial charge >= 0.3 is 5.97 Å². The van der Waals surface area contributed by atoms with Crippen LogP contribution in [0.5, 0.6) is 11.5 Å². The molecule has 0 atom stereocenters. The van der Waals surface area contributed by atoms with Gasteiger partial charge in [-0.25, -0.2) is 13.6 Å². The third-order valence-electron chi connectivity index (χ3n) is 4.06. The number of esters is 1. The minimum absolute atomic E-state index is 0.109. The molecule has 29 heavy (non-hydrogen) atoms. The van der Waals surface area contributed by atoms with E-state index < -0.39 is 17.6 Å². The Morgan fingerprint density at radius 2 is 1.69 bits per heavy atom. The lowest BCUT2D eigenvalue weighted by Crippen LogP contribution is -2.10. The normalized spacial score (nSPS) is 10.9. The van der Waals surface area contributed by atoms with Crippen LogP contribution < -0.4 is 9.47 Å². The van der Waals surface area contributed by atoms with Crippen molar-refractivity contribution < 1.29 is 23.0 Å². The summed E-state index contributed by atoms with van der Waals surface area (Å²) in [5.41, 5.74) is 1.75. The van der Waals surface area contributed by atoms with E-state index in [4.69, 9.17) is 9.47 Å². The van der Waals surface area contributed by atoms with Gasteiger partial charge in [0.2, 0.25) is 0 Å². The molecule has 0 bridgehead atoms. The molecule has 3 aromatic carbocycles. The smallest absolute Gasteiger partial charge is 0.343 e. The van der Waals surface area contributed by atoms with Crippen molar-refractivity contribution in [2.75, 3.05) is 7.11 Å². The number of nitriles is 1. The van der Waals surface area contributed by atoms with Gasteiger partial charge in [-0.05, 0) is 47.5 Å². The summed E-state index contributed by atoms with van der Waals surface area (Å²) >= 11 is 0. The highest BCUT2D eigenvalue weighted by atomic mass is 19.2. The molecule has 0 aliphatic heterocycles. The van der Waals surface area contributed by atoms with E-state index in [1.807, 2.05) is 30.3 Å². The molecule has 0 saturated heterocycles. The fourth-order valence-corrected chi connectivity index (χ4v) is 2.60.